The number of thiophene rings is 1. The number of hydrogen-bond acceptors (Lipinski definition) is 3. The summed E-state index contributed by atoms with van der Waals surface area (Å²) >= 11 is 1.48. The van der Waals surface area contributed by atoms with Gasteiger partial charge in [0.05, 0.1) is 11.3 Å². The summed E-state index contributed by atoms with van der Waals surface area (Å²) in [6.45, 7) is 8.03. The molecule has 0 saturated heterocycles. The van der Waals surface area contributed by atoms with Crippen molar-refractivity contribution in [3.05, 3.63) is 21.9 Å². The van der Waals surface area contributed by atoms with Gasteiger partial charge in [0.25, 0.3) is 5.91 Å². The van der Waals surface area contributed by atoms with Crippen molar-refractivity contribution in [2.45, 2.75) is 46.1 Å². The average Bonchev–Trinajstić information content (AvgIpc) is 2.75. The van der Waals surface area contributed by atoms with Crippen molar-refractivity contribution in [3.63, 3.8) is 0 Å². The van der Waals surface area contributed by atoms with Gasteiger partial charge < -0.3 is 10.0 Å². The summed E-state index contributed by atoms with van der Waals surface area (Å²) in [4.78, 5) is 26.7. The molecule has 0 aliphatic carbocycles. The van der Waals surface area contributed by atoms with E-state index in [2.05, 4.69) is 0 Å². The molecule has 0 unspecified atom stereocenters. The second-order valence-electron chi connectivity index (χ2n) is 5.39. The lowest BCUT2D eigenvalue weighted by molar-refractivity contribution is -0.137. The van der Waals surface area contributed by atoms with E-state index in [0.29, 0.717) is 4.88 Å². The van der Waals surface area contributed by atoms with Crippen LogP contribution in [0.15, 0.2) is 12.1 Å². The van der Waals surface area contributed by atoms with E-state index in [1.54, 1.807) is 4.90 Å². The van der Waals surface area contributed by atoms with Gasteiger partial charge in [0, 0.05) is 17.0 Å². The third-order valence-electron chi connectivity index (χ3n) is 2.83. The van der Waals surface area contributed by atoms with E-state index in [-0.39, 0.29) is 24.4 Å². The summed E-state index contributed by atoms with van der Waals surface area (Å²) in [5, 5.41) is 8.79. The minimum Gasteiger partial charge on any atom is -0.481 e. The molecule has 0 bridgehead atoms. The maximum absolute atomic E-state index is 12.5. The van der Waals surface area contributed by atoms with Crippen LogP contribution in [0.3, 0.4) is 0 Å². The third-order valence-corrected chi connectivity index (χ3v) is 4.04. The maximum atomic E-state index is 12.5. The molecule has 5 heteroatoms. The molecule has 0 radical (unpaired) electrons. The number of rotatable bonds is 5. The summed E-state index contributed by atoms with van der Waals surface area (Å²) < 4.78 is 0. The van der Waals surface area contributed by atoms with Crippen molar-refractivity contribution in [1.29, 1.82) is 0 Å². The molecule has 0 aliphatic rings. The third kappa shape index (κ3) is 4.35. The molecule has 1 aromatic heterocycles. The van der Waals surface area contributed by atoms with Gasteiger partial charge in [-0.1, -0.05) is 6.92 Å². The minimum absolute atomic E-state index is 0.0327. The van der Waals surface area contributed by atoms with Crippen LogP contribution in [-0.2, 0) is 11.2 Å². The van der Waals surface area contributed by atoms with Crippen molar-refractivity contribution in [1.82, 2.24) is 4.90 Å². The Morgan fingerprint density at radius 1 is 1.32 bits per heavy atom. The fourth-order valence-electron chi connectivity index (χ4n) is 1.76. The summed E-state index contributed by atoms with van der Waals surface area (Å²) in [5.74, 6) is -0.971. The maximum Gasteiger partial charge on any atom is 0.305 e. The SMILES string of the molecule is CCc1ccc(C(=O)N(CCC(=O)O)C(C)(C)C)s1. The zero-order chi connectivity index (χ0) is 14.6. The van der Waals surface area contributed by atoms with Crippen LogP contribution in [0.4, 0.5) is 0 Å². The van der Waals surface area contributed by atoms with Crippen molar-refractivity contribution in [2.24, 2.45) is 0 Å². The summed E-state index contributed by atoms with van der Waals surface area (Å²) in [5.41, 5.74) is -0.386. The lowest BCUT2D eigenvalue weighted by atomic mass is 10.1. The van der Waals surface area contributed by atoms with E-state index < -0.39 is 5.97 Å². The zero-order valence-corrected chi connectivity index (χ0v) is 12.7. The molecule has 106 valence electrons. The number of aliphatic carboxylic acids is 1. The number of nitrogens with zero attached hydrogens (tertiary/aromatic N) is 1. The average molecular weight is 283 g/mol. The summed E-state index contributed by atoms with van der Waals surface area (Å²) in [7, 11) is 0. The first-order valence-electron chi connectivity index (χ1n) is 6.38. The number of carbonyl (C=O) groups excluding carboxylic acids is 1. The lowest BCUT2D eigenvalue weighted by Crippen LogP contribution is -2.46. The molecule has 0 aliphatic heterocycles. The number of amides is 1. The quantitative estimate of drug-likeness (QED) is 0.903. The van der Waals surface area contributed by atoms with Crippen LogP contribution in [0.1, 0.15) is 48.7 Å². The highest BCUT2D eigenvalue weighted by Crippen LogP contribution is 2.23. The standard InChI is InChI=1S/C14H21NO3S/c1-5-10-6-7-11(19-10)13(18)15(14(2,3)4)9-8-12(16)17/h6-7H,5,8-9H2,1-4H3,(H,16,17). The van der Waals surface area contributed by atoms with E-state index >= 15 is 0 Å². The molecule has 1 amide bonds. The number of carboxylic acid groups (broad SMARTS) is 1. The van der Waals surface area contributed by atoms with E-state index in [1.165, 1.54) is 11.3 Å². The zero-order valence-electron chi connectivity index (χ0n) is 11.9. The Bertz CT molecular complexity index is 460. The van der Waals surface area contributed by atoms with E-state index in [0.717, 1.165) is 11.3 Å². The Kier molecular flexibility index (Phi) is 5.11. The van der Waals surface area contributed by atoms with Gasteiger partial charge in [-0.3, -0.25) is 9.59 Å². The Labute approximate surface area is 118 Å². The van der Waals surface area contributed by atoms with E-state index in [1.807, 2.05) is 39.8 Å². The predicted octanol–water partition coefficient (Wildman–Crippen LogP) is 3.03. The van der Waals surface area contributed by atoms with Crippen LogP contribution < -0.4 is 0 Å². The van der Waals surface area contributed by atoms with Gasteiger partial charge in [0.1, 0.15) is 0 Å². The molecule has 1 N–H and O–H groups in total. The fraction of sp³-hybridized carbons (Fsp3) is 0.571. The first-order chi connectivity index (χ1) is 8.75. The van der Waals surface area contributed by atoms with Gasteiger partial charge in [-0.05, 0) is 39.3 Å². The van der Waals surface area contributed by atoms with Gasteiger partial charge in [-0.25, -0.2) is 0 Å². The van der Waals surface area contributed by atoms with Gasteiger partial charge in [0.2, 0.25) is 0 Å². The second kappa shape index (κ2) is 6.19. The molecular formula is C14H21NO3S. The van der Waals surface area contributed by atoms with Crippen LogP contribution in [0.2, 0.25) is 0 Å². The van der Waals surface area contributed by atoms with Crippen LogP contribution in [0, 0.1) is 0 Å². The van der Waals surface area contributed by atoms with Gasteiger partial charge in [-0.2, -0.15) is 0 Å². The fourth-order valence-corrected chi connectivity index (χ4v) is 2.66. The van der Waals surface area contributed by atoms with Crippen LogP contribution in [0.5, 0.6) is 0 Å². The van der Waals surface area contributed by atoms with Gasteiger partial charge in [-0.15, -0.1) is 11.3 Å². The second-order valence-corrected chi connectivity index (χ2v) is 6.56. The molecule has 1 aromatic rings. The van der Waals surface area contributed by atoms with Crippen molar-refractivity contribution < 1.29 is 14.7 Å². The Morgan fingerprint density at radius 2 is 1.95 bits per heavy atom. The first-order valence-corrected chi connectivity index (χ1v) is 7.19. The molecule has 0 aromatic carbocycles. The molecule has 1 heterocycles. The van der Waals surface area contributed by atoms with E-state index in [4.69, 9.17) is 5.11 Å². The van der Waals surface area contributed by atoms with Crippen LogP contribution >= 0.6 is 11.3 Å². The smallest absolute Gasteiger partial charge is 0.305 e. The normalized spacial score (nSPS) is 11.4. The highest BCUT2D eigenvalue weighted by atomic mass is 32.1. The number of carboxylic acids is 1. The van der Waals surface area contributed by atoms with Crippen molar-refractivity contribution >= 4 is 23.2 Å². The molecular weight excluding hydrogens is 262 g/mol. The number of aryl methyl sites for hydroxylation is 1. The Hall–Kier alpha value is -1.36. The predicted molar refractivity (Wildman–Crippen MR) is 76.7 cm³/mol. The molecule has 4 nitrogen and oxygen atoms in total. The van der Waals surface area contributed by atoms with Gasteiger partial charge >= 0.3 is 5.97 Å². The van der Waals surface area contributed by atoms with Crippen LogP contribution in [0.25, 0.3) is 0 Å². The number of carbonyl (C=O) groups is 2. The van der Waals surface area contributed by atoms with Crippen molar-refractivity contribution in [2.75, 3.05) is 6.54 Å². The topological polar surface area (TPSA) is 57.6 Å². The lowest BCUT2D eigenvalue weighted by Gasteiger charge is -2.35. The van der Waals surface area contributed by atoms with E-state index in [9.17, 15) is 9.59 Å². The Balaban J connectivity index is 2.90. The monoisotopic (exact) mass is 283 g/mol. The molecule has 0 spiro atoms. The number of hydrogen-bond donors (Lipinski definition) is 1. The largest absolute Gasteiger partial charge is 0.481 e. The minimum atomic E-state index is -0.887. The molecule has 0 atom stereocenters. The highest BCUT2D eigenvalue weighted by Gasteiger charge is 2.28. The first kappa shape index (κ1) is 15.7. The Morgan fingerprint density at radius 3 is 2.37 bits per heavy atom. The highest BCUT2D eigenvalue weighted by molar-refractivity contribution is 7.14. The van der Waals surface area contributed by atoms with Crippen molar-refractivity contribution in [3.8, 4) is 0 Å². The summed E-state index contributed by atoms with van der Waals surface area (Å²) in [6.07, 6.45) is 0.873. The molecule has 0 fully saturated rings. The summed E-state index contributed by atoms with van der Waals surface area (Å²) in [6, 6.07) is 3.78. The molecule has 1 rings (SSSR count). The molecule has 19 heavy (non-hydrogen) atoms. The molecule has 0 saturated carbocycles. The van der Waals surface area contributed by atoms with Crippen LogP contribution in [-0.4, -0.2) is 34.0 Å². The van der Waals surface area contributed by atoms with Gasteiger partial charge in [0.15, 0.2) is 0 Å².